The number of nitrogens with one attached hydrogen (secondary N) is 1. The molecule has 19 heavy (non-hydrogen) atoms. The molecule has 1 aromatic rings. The Kier molecular flexibility index (Phi) is 4.11. The SMILES string of the molecule is CC(NC(=O)c1ccc(C(=O)O)cn1)C1CCOC1. The number of rotatable bonds is 4. The topological polar surface area (TPSA) is 88.5 Å². The molecule has 2 rings (SSSR count). The molecule has 0 bridgehead atoms. The fraction of sp³-hybridized carbons (Fsp3) is 0.462. The van der Waals surface area contributed by atoms with E-state index < -0.39 is 5.97 Å². The maximum atomic E-state index is 11.9. The average molecular weight is 264 g/mol. The van der Waals surface area contributed by atoms with E-state index in [1.54, 1.807) is 0 Å². The fourth-order valence-electron chi connectivity index (χ4n) is 2.00. The lowest BCUT2D eigenvalue weighted by atomic mass is 10.0. The molecule has 1 saturated heterocycles. The molecule has 2 atom stereocenters. The van der Waals surface area contributed by atoms with Crippen LogP contribution < -0.4 is 5.32 Å². The molecule has 6 heteroatoms. The van der Waals surface area contributed by atoms with Crippen LogP contribution in [0.25, 0.3) is 0 Å². The van der Waals surface area contributed by atoms with Crippen molar-refractivity contribution in [1.29, 1.82) is 0 Å². The smallest absolute Gasteiger partial charge is 0.337 e. The Labute approximate surface area is 110 Å². The zero-order valence-corrected chi connectivity index (χ0v) is 10.6. The first-order valence-electron chi connectivity index (χ1n) is 6.16. The maximum Gasteiger partial charge on any atom is 0.337 e. The maximum absolute atomic E-state index is 11.9. The van der Waals surface area contributed by atoms with Crippen molar-refractivity contribution in [3.63, 3.8) is 0 Å². The number of aromatic nitrogens is 1. The average Bonchev–Trinajstić information content (AvgIpc) is 2.92. The van der Waals surface area contributed by atoms with Crippen LogP contribution in [0.3, 0.4) is 0 Å². The number of carbonyl (C=O) groups is 2. The number of hydrogen-bond acceptors (Lipinski definition) is 4. The molecule has 1 amide bonds. The van der Waals surface area contributed by atoms with Crippen molar-refractivity contribution in [3.8, 4) is 0 Å². The highest BCUT2D eigenvalue weighted by atomic mass is 16.5. The second kappa shape index (κ2) is 5.79. The normalized spacial score (nSPS) is 19.9. The van der Waals surface area contributed by atoms with Crippen LogP contribution in [0.15, 0.2) is 18.3 Å². The predicted octanol–water partition coefficient (Wildman–Crippen LogP) is 0.935. The molecular weight excluding hydrogens is 248 g/mol. The van der Waals surface area contributed by atoms with Crippen molar-refractivity contribution >= 4 is 11.9 Å². The number of carbonyl (C=O) groups excluding carboxylic acids is 1. The van der Waals surface area contributed by atoms with Gasteiger partial charge in [-0.05, 0) is 25.5 Å². The summed E-state index contributed by atoms with van der Waals surface area (Å²) in [6.45, 7) is 3.33. The quantitative estimate of drug-likeness (QED) is 0.844. The van der Waals surface area contributed by atoms with E-state index in [0.717, 1.165) is 13.0 Å². The Morgan fingerprint density at radius 2 is 2.32 bits per heavy atom. The Bertz CT molecular complexity index is 466. The van der Waals surface area contributed by atoms with Gasteiger partial charge in [-0.15, -0.1) is 0 Å². The Morgan fingerprint density at radius 3 is 2.84 bits per heavy atom. The molecule has 6 nitrogen and oxygen atoms in total. The van der Waals surface area contributed by atoms with Gasteiger partial charge in [-0.1, -0.05) is 0 Å². The van der Waals surface area contributed by atoms with Gasteiger partial charge in [0.25, 0.3) is 5.91 Å². The molecule has 1 aliphatic rings. The molecule has 1 aliphatic heterocycles. The van der Waals surface area contributed by atoms with Gasteiger partial charge in [-0.25, -0.2) is 4.79 Å². The van der Waals surface area contributed by atoms with Gasteiger partial charge in [-0.2, -0.15) is 0 Å². The number of carboxylic acid groups (broad SMARTS) is 1. The molecule has 2 unspecified atom stereocenters. The second-order valence-electron chi connectivity index (χ2n) is 4.62. The van der Waals surface area contributed by atoms with Crippen molar-refractivity contribution in [3.05, 3.63) is 29.6 Å². The highest BCUT2D eigenvalue weighted by Gasteiger charge is 2.24. The van der Waals surface area contributed by atoms with Crippen LogP contribution in [0.1, 0.15) is 34.2 Å². The van der Waals surface area contributed by atoms with Crippen LogP contribution in [0, 0.1) is 5.92 Å². The van der Waals surface area contributed by atoms with Crippen molar-refractivity contribution < 1.29 is 19.4 Å². The Morgan fingerprint density at radius 1 is 1.53 bits per heavy atom. The highest BCUT2D eigenvalue weighted by Crippen LogP contribution is 2.16. The van der Waals surface area contributed by atoms with E-state index in [4.69, 9.17) is 9.84 Å². The van der Waals surface area contributed by atoms with E-state index in [2.05, 4.69) is 10.3 Å². The van der Waals surface area contributed by atoms with Crippen LogP contribution in [0.2, 0.25) is 0 Å². The summed E-state index contributed by atoms with van der Waals surface area (Å²) in [5, 5.41) is 11.6. The largest absolute Gasteiger partial charge is 0.478 e. The van der Waals surface area contributed by atoms with Crippen LogP contribution in [0.4, 0.5) is 0 Å². The standard InChI is InChI=1S/C13H16N2O4/c1-8(10-4-5-19-7-10)15-12(16)11-3-2-9(6-14-11)13(17)18/h2-3,6,8,10H,4-5,7H2,1H3,(H,15,16)(H,17,18). The molecule has 0 radical (unpaired) electrons. The van der Waals surface area contributed by atoms with E-state index >= 15 is 0 Å². The van der Waals surface area contributed by atoms with Gasteiger partial charge in [0.1, 0.15) is 5.69 Å². The molecule has 2 heterocycles. The number of pyridine rings is 1. The lowest BCUT2D eigenvalue weighted by Gasteiger charge is -2.18. The molecule has 2 N–H and O–H groups in total. The summed E-state index contributed by atoms with van der Waals surface area (Å²) < 4.78 is 5.28. The third-order valence-electron chi connectivity index (χ3n) is 3.27. The van der Waals surface area contributed by atoms with E-state index in [1.807, 2.05) is 6.92 Å². The van der Waals surface area contributed by atoms with Gasteiger partial charge < -0.3 is 15.2 Å². The van der Waals surface area contributed by atoms with Crippen LogP contribution in [-0.2, 0) is 4.74 Å². The number of carboxylic acids is 1. The van der Waals surface area contributed by atoms with Gasteiger partial charge in [0.05, 0.1) is 12.2 Å². The zero-order chi connectivity index (χ0) is 13.8. The lowest BCUT2D eigenvalue weighted by molar-refractivity contribution is 0.0695. The summed E-state index contributed by atoms with van der Waals surface area (Å²) in [7, 11) is 0. The summed E-state index contributed by atoms with van der Waals surface area (Å²) in [5.41, 5.74) is 0.282. The van der Waals surface area contributed by atoms with Crippen LogP contribution in [0.5, 0.6) is 0 Å². The minimum atomic E-state index is -1.06. The number of aromatic carboxylic acids is 1. The van der Waals surface area contributed by atoms with Gasteiger partial charge in [0.15, 0.2) is 0 Å². The zero-order valence-electron chi connectivity index (χ0n) is 10.6. The van der Waals surface area contributed by atoms with Gasteiger partial charge in [-0.3, -0.25) is 9.78 Å². The van der Waals surface area contributed by atoms with E-state index in [1.165, 1.54) is 18.3 Å². The summed E-state index contributed by atoms with van der Waals surface area (Å²) in [5.74, 6) is -1.03. The summed E-state index contributed by atoms with van der Waals surface area (Å²) >= 11 is 0. The van der Waals surface area contributed by atoms with Crippen LogP contribution in [-0.4, -0.2) is 41.2 Å². The molecule has 0 aromatic carbocycles. The van der Waals surface area contributed by atoms with Crippen molar-refractivity contribution in [2.45, 2.75) is 19.4 Å². The molecule has 1 fully saturated rings. The van der Waals surface area contributed by atoms with Gasteiger partial charge >= 0.3 is 5.97 Å². The van der Waals surface area contributed by atoms with Gasteiger partial charge in [0.2, 0.25) is 0 Å². The molecule has 0 saturated carbocycles. The minimum absolute atomic E-state index is 0.0101. The highest BCUT2D eigenvalue weighted by molar-refractivity contribution is 5.93. The van der Waals surface area contributed by atoms with Crippen LogP contribution >= 0.6 is 0 Å². The minimum Gasteiger partial charge on any atom is -0.478 e. The van der Waals surface area contributed by atoms with E-state index in [0.29, 0.717) is 12.5 Å². The number of amides is 1. The van der Waals surface area contributed by atoms with Crippen molar-refractivity contribution in [2.24, 2.45) is 5.92 Å². The Balaban J connectivity index is 1.97. The number of hydrogen-bond donors (Lipinski definition) is 2. The fourth-order valence-corrected chi connectivity index (χ4v) is 2.00. The first kappa shape index (κ1) is 13.5. The van der Waals surface area contributed by atoms with E-state index in [9.17, 15) is 9.59 Å². The first-order chi connectivity index (χ1) is 9.08. The molecule has 0 aliphatic carbocycles. The third kappa shape index (κ3) is 3.29. The molecule has 0 spiro atoms. The molecule has 102 valence electrons. The lowest BCUT2D eigenvalue weighted by Crippen LogP contribution is -2.38. The summed E-state index contributed by atoms with van der Waals surface area (Å²) in [6.07, 6.45) is 2.12. The second-order valence-corrected chi connectivity index (χ2v) is 4.62. The summed E-state index contributed by atoms with van der Waals surface area (Å²) in [4.78, 5) is 26.5. The predicted molar refractivity (Wildman–Crippen MR) is 67.1 cm³/mol. The number of ether oxygens (including phenoxy) is 1. The molecule has 1 aromatic heterocycles. The van der Waals surface area contributed by atoms with Gasteiger partial charge in [0, 0.05) is 24.8 Å². The first-order valence-corrected chi connectivity index (χ1v) is 6.16. The monoisotopic (exact) mass is 264 g/mol. The molecular formula is C13H16N2O4. The van der Waals surface area contributed by atoms with Crippen molar-refractivity contribution in [1.82, 2.24) is 10.3 Å². The number of nitrogens with zero attached hydrogens (tertiary/aromatic N) is 1. The van der Waals surface area contributed by atoms with Crippen molar-refractivity contribution in [2.75, 3.05) is 13.2 Å². The third-order valence-corrected chi connectivity index (χ3v) is 3.27. The van der Waals surface area contributed by atoms with E-state index in [-0.39, 0.29) is 23.2 Å². The summed E-state index contributed by atoms with van der Waals surface area (Å²) in [6, 6.07) is 2.79. The Hall–Kier alpha value is -1.95.